The number of fused-ring (bicyclic) bond motifs is 2. The smallest absolute Gasteiger partial charge is 0.310 e. The molecule has 11 heteroatoms. The number of ether oxygens (including phenoxy) is 2. The van der Waals surface area contributed by atoms with Crippen molar-refractivity contribution in [2.75, 3.05) is 19.7 Å². The molecule has 3 aliphatic heterocycles. The first-order valence-electron chi connectivity index (χ1n) is 14.7. The van der Waals surface area contributed by atoms with Gasteiger partial charge in [0.1, 0.15) is 17.8 Å². The lowest BCUT2D eigenvalue weighted by molar-refractivity contribution is -0.171. The van der Waals surface area contributed by atoms with E-state index in [4.69, 9.17) is 9.47 Å². The summed E-state index contributed by atoms with van der Waals surface area (Å²) in [4.78, 5) is 50.7. The normalized spacial score (nSPS) is 23.3. The monoisotopic (exact) mass is 571 g/mol. The molecule has 11 nitrogen and oxygen atoms in total. The number of nitrogens with one attached hydrogen (secondary N) is 2. The fourth-order valence-electron chi connectivity index (χ4n) is 4.95. The van der Waals surface area contributed by atoms with Crippen molar-refractivity contribution in [1.29, 1.82) is 0 Å². The Labute approximate surface area is 242 Å². The Morgan fingerprint density at radius 3 is 2.56 bits per heavy atom. The molecule has 2 N–H and O–H groups in total. The zero-order valence-corrected chi connectivity index (χ0v) is 25.1. The zero-order valence-electron chi connectivity index (χ0n) is 25.1. The van der Waals surface area contributed by atoms with E-state index in [-0.39, 0.29) is 36.3 Å². The Hall–Kier alpha value is -3.57. The minimum atomic E-state index is -0.618. The Morgan fingerprint density at radius 1 is 1.12 bits per heavy atom. The van der Waals surface area contributed by atoms with Gasteiger partial charge in [0.2, 0.25) is 12.7 Å². The van der Waals surface area contributed by atoms with Crippen LogP contribution in [0.1, 0.15) is 77.7 Å². The Balaban J connectivity index is 0.000000310. The van der Waals surface area contributed by atoms with Gasteiger partial charge in [0, 0.05) is 37.3 Å². The van der Waals surface area contributed by atoms with Gasteiger partial charge in [-0.1, -0.05) is 52.0 Å². The molecule has 4 unspecified atom stereocenters. The predicted molar refractivity (Wildman–Crippen MR) is 157 cm³/mol. The molecular weight excluding hydrogens is 526 g/mol. The number of cyclic esters (lactones) is 1. The number of hydrogen-bond acceptors (Lipinski definition) is 8. The second-order valence-electron chi connectivity index (χ2n) is 9.23. The second kappa shape index (κ2) is 17.3. The molecule has 3 fully saturated rings. The van der Waals surface area contributed by atoms with Crippen molar-refractivity contribution in [2.45, 2.75) is 91.6 Å². The predicted octanol–water partition coefficient (Wildman–Crippen LogP) is 3.43. The lowest BCUT2D eigenvalue weighted by atomic mass is 10.0. The zero-order chi connectivity index (χ0) is 30.4. The highest BCUT2D eigenvalue weighted by Crippen LogP contribution is 2.24. The van der Waals surface area contributed by atoms with Crippen molar-refractivity contribution >= 4 is 35.0 Å². The number of rotatable bonds is 6. The van der Waals surface area contributed by atoms with Gasteiger partial charge in [-0.3, -0.25) is 29.2 Å². The van der Waals surface area contributed by atoms with E-state index in [0.29, 0.717) is 25.1 Å². The fourth-order valence-corrected chi connectivity index (χ4v) is 4.95. The third-order valence-corrected chi connectivity index (χ3v) is 6.73. The highest BCUT2D eigenvalue weighted by Gasteiger charge is 2.39. The van der Waals surface area contributed by atoms with E-state index in [1.165, 1.54) is 0 Å². The molecule has 0 radical (unpaired) electrons. The highest BCUT2D eigenvalue weighted by atomic mass is 16.7. The van der Waals surface area contributed by atoms with Gasteiger partial charge in [-0.15, -0.1) is 0 Å². The molecular formula is C30H45N5O6. The van der Waals surface area contributed by atoms with E-state index in [2.05, 4.69) is 27.6 Å². The van der Waals surface area contributed by atoms with Crippen LogP contribution in [-0.2, 0) is 23.9 Å². The lowest BCUT2D eigenvalue weighted by Gasteiger charge is -2.47. The van der Waals surface area contributed by atoms with Gasteiger partial charge in [0.25, 0.3) is 11.8 Å². The van der Waals surface area contributed by atoms with Crippen molar-refractivity contribution in [3.05, 3.63) is 42.2 Å². The first-order valence-corrected chi connectivity index (χ1v) is 14.7. The summed E-state index contributed by atoms with van der Waals surface area (Å²) in [5.74, 6) is -0.631. The molecule has 0 saturated carbocycles. The minimum absolute atomic E-state index is 0.00737. The summed E-state index contributed by atoms with van der Waals surface area (Å²) >= 11 is 0. The number of carbonyl (C=O) groups excluding carboxylic acids is 4. The van der Waals surface area contributed by atoms with Crippen LogP contribution in [0.2, 0.25) is 0 Å². The third-order valence-electron chi connectivity index (χ3n) is 6.73. The van der Waals surface area contributed by atoms with Crippen LogP contribution < -0.4 is 10.6 Å². The summed E-state index contributed by atoms with van der Waals surface area (Å²) < 4.78 is 9.86. The summed E-state index contributed by atoms with van der Waals surface area (Å²) in [6.45, 7) is 14.0. The summed E-state index contributed by atoms with van der Waals surface area (Å²) in [6, 6.07) is 8.91. The maximum atomic E-state index is 12.8. The molecule has 226 valence electrons. The number of esters is 1. The van der Waals surface area contributed by atoms with Crippen molar-refractivity contribution in [3.63, 3.8) is 0 Å². The minimum Gasteiger partial charge on any atom is -0.433 e. The average Bonchev–Trinajstić information content (AvgIpc) is 3.35. The van der Waals surface area contributed by atoms with Gasteiger partial charge in [-0.2, -0.15) is 0 Å². The van der Waals surface area contributed by atoms with E-state index in [1.807, 2.05) is 63.0 Å². The number of hydrazine groups is 1. The Bertz CT molecular complexity index is 1140. The largest absolute Gasteiger partial charge is 0.433 e. The third kappa shape index (κ3) is 8.71. The number of nitrogens with zero attached hydrogens (tertiary/aromatic N) is 3. The molecule has 3 aliphatic rings. The SMILES string of the molecule is CC.CC.CC1CCCN2CCC(NC(=O)c3nccc4ccccc34)C(=O)N12.CCOC1OC(=O)CC1NC=O. The molecule has 0 spiro atoms. The molecule has 2 aromatic rings. The van der Waals surface area contributed by atoms with Crippen molar-refractivity contribution in [3.8, 4) is 0 Å². The van der Waals surface area contributed by atoms with Crippen molar-refractivity contribution in [2.24, 2.45) is 0 Å². The quantitative estimate of drug-likeness (QED) is 0.399. The summed E-state index contributed by atoms with van der Waals surface area (Å²) in [5.41, 5.74) is 0.375. The van der Waals surface area contributed by atoms with Crippen LogP contribution in [-0.4, -0.2) is 83.3 Å². The molecule has 1 aromatic heterocycles. The lowest BCUT2D eigenvalue weighted by Crippen LogP contribution is -2.64. The van der Waals surface area contributed by atoms with Gasteiger partial charge in [0.15, 0.2) is 0 Å². The van der Waals surface area contributed by atoms with E-state index < -0.39 is 12.3 Å². The van der Waals surface area contributed by atoms with Crippen molar-refractivity contribution < 1.29 is 28.7 Å². The number of benzene rings is 1. The first-order chi connectivity index (χ1) is 19.9. The number of pyridine rings is 1. The van der Waals surface area contributed by atoms with Crippen LogP contribution in [0.5, 0.6) is 0 Å². The molecule has 3 amide bonds. The molecule has 41 heavy (non-hydrogen) atoms. The van der Waals surface area contributed by atoms with Crippen LogP contribution in [0.4, 0.5) is 0 Å². The van der Waals surface area contributed by atoms with E-state index >= 15 is 0 Å². The van der Waals surface area contributed by atoms with Gasteiger partial charge >= 0.3 is 5.97 Å². The van der Waals surface area contributed by atoms with E-state index in [9.17, 15) is 19.2 Å². The number of aromatic nitrogens is 1. The van der Waals surface area contributed by atoms with Gasteiger partial charge in [-0.05, 0) is 44.6 Å². The fraction of sp³-hybridized carbons (Fsp3) is 0.567. The van der Waals surface area contributed by atoms with Gasteiger partial charge in [0.05, 0.1) is 6.42 Å². The van der Waals surface area contributed by atoms with Crippen LogP contribution in [0.25, 0.3) is 10.8 Å². The van der Waals surface area contributed by atoms with Crippen molar-refractivity contribution in [1.82, 2.24) is 25.6 Å². The molecule has 5 rings (SSSR count). The van der Waals surface area contributed by atoms with E-state index in [0.717, 1.165) is 36.7 Å². The molecule has 0 aliphatic carbocycles. The van der Waals surface area contributed by atoms with Gasteiger partial charge in [-0.25, -0.2) is 5.01 Å². The summed E-state index contributed by atoms with van der Waals surface area (Å²) in [7, 11) is 0. The Morgan fingerprint density at radius 2 is 1.85 bits per heavy atom. The highest BCUT2D eigenvalue weighted by molar-refractivity contribution is 6.06. The number of hydrogen-bond donors (Lipinski definition) is 2. The molecule has 3 saturated heterocycles. The first kappa shape index (κ1) is 33.6. The van der Waals surface area contributed by atoms with E-state index in [1.54, 1.807) is 13.1 Å². The summed E-state index contributed by atoms with van der Waals surface area (Å²) in [6.07, 6.45) is 4.50. The number of carbonyl (C=O) groups is 4. The molecule has 4 atom stereocenters. The molecule has 1 aromatic carbocycles. The van der Waals surface area contributed by atoms with Crippen LogP contribution in [0, 0.1) is 0 Å². The maximum absolute atomic E-state index is 12.8. The van der Waals surface area contributed by atoms with Crippen LogP contribution >= 0.6 is 0 Å². The van der Waals surface area contributed by atoms with Crippen LogP contribution in [0.3, 0.4) is 0 Å². The summed E-state index contributed by atoms with van der Waals surface area (Å²) in [5, 5.41) is 11.1. The van der Waals surface area contributed by atoms with Gasteiger partial charge < -0.3 is 20.1 Å². The second-order valence-corrected chi connectivity index (χ2v) is 9.23. The average molecular weight is 572 g/mol. The number of amides is 3. The standard InChI is InChI=1S/C19H22N4O2.C7H11NO4.2C2H6/c1-13-5-4-11-22-12-9-16(19(25)23(13)22)21-18(24)17-15-7-3-2-6-14(15)8-10-20-17;1-2-11-7-5(8-4-9)3-6(10)12-7;2*1-2/h2-3,6-8,10,13,16H,4-5,9,11-12H2,1H3,(H,21,24);4-5,7H,2-3H2,1H3,(H,8,9);2*1-2H3. The maximum Gasteiger partial charge on any atom is 0.310 e. The van der Waals surface area contributed by atoms with Crippen LogP contribution in [0.15, 0.2) is 36.5 Å². The molecule has 4 heterocycles. The Kier molecular flexibility index (Phi) is 14.2. The topological polar surface area (TPSA) is 130 Å². The molecule has 0 bridgehead atoms.